The molecule has 0 unspecified atom stereocenters. The zero-order valence-corrected chi connectivity index (χ0v) is 10.6. The van der Waals surface area contributed by atoms with Crippen LogP contribution in [0.4, 0.5) is 5.69 Å². The summed E-state index contributed by atoms with van der Waals surface area (Å²) < 4.78 is 0. The number of rotatable bonds is 3. The highest BCUT2D eigenvalue weighted by atomic mass is 16.6. The number of nitrogens with zero attached hydrogens (tertiary/aromatic N) is 3. The van der Waals surface area contributed by atoms with Crippen LogP contribution in [0, 0.1) is 21.4 Å². The van der Waals surface area contributed by atoms with Crippen LogP contribution in [0.3, 0.4) is 0 Å². The lowest BCUT2D eigenvalue weighted by molar-refractivity contribution is -0.386. The molecule has 0 aliphatic rings. The van der Waals surface area contributed by atoms with Gasteiger partial charge in [-0.15, -0.1) is 0 Å². The minimum atomic E-state index is -0.820. The molecule has 2 N–H and O–H groups in total. The fourth-order valence-corrected chi connectivity index (χ4v) is 1.70. The highest BCUT2D eigenvalue weighted by molar-refractivity contribution is 5.89. The number of allylic oxidation sites excluding steroid dienone is 1. The summed E-state index contributed by atoms with van der Waals surface area (Å²) in [5, 5.41) is 38.8. The normalized spacial score (nSPS) is 10.9. The van der Waals surface area contributed by atoms with Gasteiger partial charge in [-0.3, -0.25) is 15.1 Å². The van der Waals surface area contributed by atoms with Crippen molar-refractivity contribution in [2.75, 3.05) is 0 Å². The summed E-state index contributed by atoms with van der Waals surface area (Å²) >= 11 is 0. The van der Waals surface area contributed by atoms with E-state index in [0.29, 0.717) is 5.69 Å². The first-order chi connectivity index (χ1) is 10.0. The second-order valence-electron chi connectivity index (χ2n) is 4.05. The Labute approximate surface area is 119 Å². The van der Waals surface area contributed by atoms with Gasteiger partial charge in [0.25, 0.3) is 0 Å². The minimum Gasteiger partial charge on any atom is -0.504 e. The van der Waals surface area contributed by atoms with Crippen LogP contribution in [0.1, 0.15) is 11.3 Å². The molecule has 1 heterocycles. The molecular weight excluding hydrogens is 274 g/mol. The zero-order valence-electron chi connectivity index (χ0n) is 10.6. The smallest absolute Gasteiger partial charge is 0.315 e. The highest BCUT2D eigenvalue weighted by Gasteiger charge is 2.18. The molecule has 0 saturated carbocycles. The Morgan fingerprint density at radius 1 is 1.38 bits per heavy atom. The first kappa shape index (κ1) is 14.0. The molecule has 0 radical (unpaired) electrons. The van der Waals surface area contributed by atoms with E-state index >= 15 is 0 Å². The van der Waals surface area contributed by atoms with Crippen LogP contribution in [0.5, 0.6) is 11.5 Å². The predicted molar refractivity (Wildman–Crippen MR) is 74.1 cm³/mol. The van der Waals surface area contributed by atoms with Gasteiger partial charge in [-0.1, -0.05) is 6.07 Å². The zero-order chi connectivity index (χ0) is 15.4. The lowest BCUT2D eigenvalue weighted by atomic mass is 10.1. The van der Waals surface area contributed by atoms with E-state index in [9.17, 15) is 20.3 Å². The molecular formula is C14H9N3O4. The molecule has 21 heavy (non-hydrogen) atoms. The molecule has 0 aliphatic carbocycles. The van der Waals surface area contributed by atoms with Crippen molar-refractivity contribution in [1.82, 2.24) is 4.98 Å². The third-order valence-corrected chi connectivity index (χ3v) is 2.66. The molecule has 2 aromatic rings. The lowest BCUT2D eigenvalue weighted by Crippen LogP contribution is -1.91. The number of phenolic OH excluding ortho intramolecular Hbond substituents is 2. The molecule has 0 fully saturated rings. The maximum atomic E-state index is 10.8. The maximum Gasteiger partial charge on any atom is 0.315 e. The molecule has 0 amide bonds. The van der Waals surface area contributed by atoms with Gasteiger partial charge in [-0.25, -0.2) is 0 Å². The maximum absolute atomic E-state index is 10.8. The fraction of sp³-hybridized carbons (Fsp3) is 0. The highest BCUT2D eigenvalue weighted by Crippen LogP contribution is 2.36. The van der Waals surface area contributed by atoms with Crippen molar-refractivity contribution >= 4 is 17.3 Å². The molecule has 0 aliphatic heterocycles. The summed E-state index contributed by atoms with van der Waals surface area (Å²) in [6, 6.07) is 9.13. The molecule has 0 atom stereocenters. The first-order valence-corrected chi connectivity index (χ1v) is 5.76. The molecule has 7 nitrogen and oxygen atoms in total. The molecule has 0 bridgehead atoms. The van der Waals surface area contributed by atoms with E-state index in [-0.39, 0.29) is 11.1 Å². The van der Waals surface area contributed by atoms with Gasteiger partial charge in [0.1, 0.15) is 6.07 Å². The molecule has 104 valence electrons. The van der Waals surface area contributed by atoms with E-state index in [4.69, 9.17) is 5.26 Å². The van der Waals surface area contributed by atoms with E-state index < -0.39 is 22.1 Å². The van der Waals surface area contributed by atoms with Crippen molar-refractivity contribution in [3.8, 4) is 17.6 Å². The Morgan fingerprint density at radius 2 is 2.14 bits per heavy atom. The fourth-order valence-electron chi connectivity index (χ4n) is 1.70. The van der Waals surface area contributed by atoms with Gasteiger partial charge in [-0.05, 0) is 29.8 Å². The molecule has 0 spiro atoms. The van der Waals surface area contributed by atoms with Gasteiger partial charge >= 0.3 is 5.69 Å². The summed E-state index contributed by atoms with van der Waals surface area (Å²) in [5.74, 6) is -1.44. The quantitative estimate of drug-likeness (QED) is 0.386. The number of phenols is 2. The van der Waals surface area contributed by atoms with Crippen molar-refractivity contribution in [1.29, 1.82) is 5.26 Å². The van der Waals surface area contributed by atoms with E-state index in [1.807, 2.05) is 6.07 Å². The van der Waals surface area contributed by atoms with Crippen molar-refractivity contribution in [3.05, 3.63) is 57.9 Å². The number of benzene rings is 1. The Bertz CT molecular complexity index is 764. The van der Waals surface area contributed by atoms with Crippen molar-refractivity contribution < 1.29 is 15.1 Å². The van der Waals surface area contributed by atoms with Gasteiger partial charge in [0.2, 0.25) is 5.75 Å². The number of aromatic nitrogens is 1. The Balaban J connectivity index is 2.54. The lowest BCUT2D eigenvalue weighted by Gasteiger charge is -2.02. The van der Waals surface area contributed by atoms with E-state index in [2.05, 4.69) is 4.98 Å². The van der Waals surface area contributed by atoms with E-state index in [0.717, 1.165) is 12.1 Å². The second kappa shape index (κ2) is 5.71. The Kier molecular flexibility index (Phi) is 3.81. The number of nitriles is 1. The average Bonchev–Trinajstić information content (AvgIpc) is 2.48. The summed E-state index contributed by atoms with van der Waals surface area (Å²) in [6.45, 7) is 0. The average molecular weight is 283 g/mol. The van der Waals surface area contributed by atoms with Crippen LogP contribution in [0.25, 0.3) is 11.6 Å². The third-order valence-electron chi connectivity index (χ3n) is 2.66. The van der Waals surface area contributed by atoms with E-state index in [1.54, 1.807) is 18.2 Å². The molecule has 1 aromatic carbocycles. The topological polar surface area (TPSA) is 120 Å². The number of nitro groups is 1. The van der Waals surface area contributed by atoms with Crippen LogP contribution < -0.4 is 0 Å². The molecule has 1 aromatic heterocycles. The van der Waals surface area contributed by atoms with Gasteiger partial charge in [0.15, 0.2) is 5.75 Å². The van der Waals surface area contributed by atoms with Crippen LogP contribution in [0.2, 0.25) is 0 Å². The van der Waals surface area contributed by atoms with Crippen LogP contribution >= 0.6 is 0 Å². The predicted octanol–water partition coefficient (Wildman–Crippen LogP) is 2.47. The number of nitro benzene ring substituents is 1. The monoisotopic (exact) mass is 283 g/mol. The van der Waals surface area contributed by atoms with Gasteiger partial charge < -0.3 is 10.2 Å². The Morgan fingerprint density at radius 3 is 2.71 bits per heavy atom. The first-order valence-electron chi connectivity index (χ1n) is 5.76. The van der Waals surface area contributed by atoms with Crippen molar-refractivity contribution in [3.63, 3.8) is 0 Å². The molecule has 7 heteroatoms. The summed E-state index contributed by atoms with van der Waals surface area (Å²) in [7, 11) is 0. The summed E-state index contributed by atoms with van der Waals surface area (Å²) in [5.41, 5.74) is 0.143. The summed E-state index contributed by atoms with van der Waals surface area (Å²) in [6.07, 6.45) is 2.85. The van der Waals surface area contributed by atoms with Gasteiger partial charge in [0.05, 0.1) is 16.2 Å². The van der Waals surface area contributed by atoms with Crippen molar-refractivity contribution in [2.45, 2.75) is 0 Å². The second-order valence-corrected chi connectivity index (χ2v) is 4.05. The number of hydrogen-bond acceptors (Lipinski definition) is 6. The molecule has 2 rings (SSSR count). The Hall–Kier alpha value is -3.40. The third kappa shape index (κ3) is 2.96. The SMILES string of the molecule is N#C/C(=C/c1cc(O)c(O)c([N+](=O)[O-])c1)c1ccccn1. The standard InChI is InChI=1S/C14H9N3O4/c15-8-10(11-3-1-2-4-16-11)5-9-6-12(17(20)21)14(19)13(18)7-9/h1-7,18-19H/b10-5-. The number of aromatic hydroxyl groups is 2. The summed E-state index contributed by atoms with van der Waals surface area (Å²) in [4.78, 5) is 14.0. The van der Waals surface area contributed by atoms with Gasteiger partial charge in [-0.2, -0.15) is 5.26 Å². The van der Waals surface area contributed by atoms with Crippen molar-refractivity contribution in [2.24, 2.45) is 0 Å². The van der Waals surface area contributed by atoms with E-state index in [1.165, 1.54) is 12.3 Å². The van der Waals surface area contributed by atoms with Crippen LogP contribution in [0.15, 0.2) is 36.5 Å². The van der Waals surface area contributed by atoms with Crippen LogP contribution in [-0.4, -0.2) is 20.1 Å². The van der Waals surface area contributed by atoms with Crippen LogP contribution in [-0.2, 0) is 0 Å². The minimum absolute atomic E-state index is 0.176. The van der Waals surface area contributed by atoms with Gasteiger partial charge in [0, 0.05) is 12.3 Å². The largest absolute Gasteiger partial charge is 0.504 e. The number of hydrogen-bond donors (Lipinski definition) is 2. The molecule has 0 saturated heterocycles. The number of pyridine rings is 1.